The van der Waals surface area contributed by atoms with Gasteiger partial charge < -0.3 is 5.11 Å². The first-order valence-electron chi connectivity index (χ1n) is 5.81. The van der Waals surface area contributed by atoms with Crippen molar-refractivity contribution in [3.63, 3.8) is 0 Å². The van der Waals surface area contributed by atoms with Crippen molar-refractivity contribution in [1.82, 2.24) is 9.55 Å². The highest BCUT2D eigenvalue weighted by atomic mass is 32.2. The molecule has 0 aliphatic heterocycles. The number of rotatable bonds is 5. The Morgan fingerprint density at radius 3 is 2.81 bits per heavy atom. The van der Waals surface area contributed by atoms with Crippen LogP contribution in [0, 0.1) is 6.92 Å². The number of aromatic nitrogens is 2. The molecule has 0 aliphatic carbocycles. The minimum absolute atomic E-state index is 0.0118. The zero-order valence-electron chi connectivity index (χ0n) is 11.1. The van der Waals surface area contributed by atoms with Crippen LogP contribution in [0.4, 0.5) is 0 Å². The molecule has 0 radical (unpaired) electrons. The van der Waals surface area contributed by atoms with Crippen molar-refractivity contribution in [2.24, 2.45) is 5.14 Å². The second-order valence-electron chi connectivity index (χ2n) is 4.24. The van der Waals surface area contributed by atoms with E-state index >= 15 is 0 Å². The molecular weight excluding hydrogens is 314 g/mol. The molecule has 1 aromatic carbocycles. The normalized spacial score (nSPS) is 11.5. The summed E-state index contributed by atoms with van der Waals surface area (Å²) in [7, 11) is -3.80. The number of carboxylic acids is 1. The average Bonchev–Trinajstić information content (AvgIpc) is 2.76. The van der Waals surface area contributed by atoms with Crippen LogP contribution < -0.4 is 5.14 Å². The number of sulfonamides is 1. The molecule has 0 aliphatic rings. The van der Waals surface area contributed by atoms with Crippen LogP contribution in [0.3, 0.4) is 0 Å². The van der Waals surface area contributed by atoms with E-state index in [9.17, 15) is 13.2 Å². The number of hydrogen-bond acceptors (Lipinski definition) is 5. The molecule has 1 aromatic heterocycles. The summed E-state index contributed by atoms with van der Waals surface area (Å²) in [5.41, 5.74) is 1.32. The maximum absolute atomic E-state index is 11.4. The average molecular weight is 327 g/mol. The third-order valence-corrected chi connectivity index (χ3v) is 4.48. The minimum atomic E-state index is -3.80. The Labute approximate surface area is 125 Å². The highest BCUT2D eigenvalue weighted by Crippen LogP contribution is 2.24. The second-order valence-corrected chi connectivity index (χ2v) is 6.75. The zero-order valence-corrected chi connectivity index (χ0v) is 12.7. The quantitative estimate of drug-likeness (QED) is 0.792. The minimum Gasteiger partial charge on any atom is -0.481 e. The van der Waals surface area contributed by atoms with Gasteiger partial charge in [0.2, 0.25) is 10.0 Å². The lowest BCUT2D eigenvalue weighted by Gasteiger charge is -2.10. The van der Waals surface area contributed by atoms with E-state index in [1.165, 1.54) is 12.1 Å². The molecule has 9 heteroatoms. The van der Waals surface area contributed by atoms with E-state index in [4.69, 9.17) is 10.2 Å². The fourth-order valence-electron chi connectivity index (χ4n) is 1.76. The van der Waals surface area contributed by atoms with E-state index in [0.717, 1.165) is 17.5 Å². The fourth-order valence-corrected chi connectivity index (χ4v) is 3.07. The summed E-state index contributed by atoms with van der Waals surface area (Å²) >= 11 is 1.06. The van der Waals surface area contributed by atoms with Crippen LogP contribution in [-0.4, -0.2) is 34.8 Å². The summed E-state index contributed by atoms with van der Waals surface area (Å²) in [6, 6.07) is 6.10. The molecule has 1 heterocycles. The summed E-state index contributed by atoms with van der Waals surface area (Å²) in [4.78, 5) is 14.8. The van der Waals surface area contributed by atoms with Crippen LogP contribution in [0.2, 0.25) is 0 Å². The predicted molar refractivity (Wildman–Crippen MR) is 78.0 cm³/mol. The van der Waals surface area contributed by atoms with Gasteiger partial charge in [-0.05, 0) is 25.1 Å². The molecule has 0 fully saturated rings. The van der Waals surface area contributed by atoms with E-state index in [1.54, 1.807) is 29.8 Å². The van der Waals surface area contributed by atoms with Crippen LogP contribution in [0.5, 0.6) is 0 Å². The third-order valence-electron chi connectivity index (χ3n) is 2.63. The van der Waals surface area contributed by atoms with Crippen LogP contribution in [-0.2, 0) is 14.8 Å². The zero-order chi connectivity index (χ0) is 15.6. The molecule has 0 atom stereocenters. The molecule has 7 nitrogen and oxygen atoms in total. The topological polar surface area (TPSA) is 115 Å². The molecule has 21 heavy (non-hydrogen) atoms. The summed E-state index contributed by atoms with van der Waals surface area (Å²) < 4.78 is 24.5. The van der Waals surface area contributed by atoms with E-state index in [1.807, 2.05) is 0 Å². The van der Waals surface area contributed by atoms with E-state index in [-0.39, 0.29) is 10.6 Å². The highest BCUT2D eigenvalue weighted by molar-refractivity contribution is 7.99. The number of aryl methyl sites for hydroxylation is 1. The number of thioether (sulfide) groups is 1. The maximum atomic E-state index is 11.4. The smallest absolute Gasteiger partial charge is 0.313 e. The lowest BCUT2D eigenvalue weighted by Crippen LogP contribution is -2.12. The van der Waals surface area contributed by atoms with Crippen LogP contribution >= 0.6 is 11.8 Å². The van der Waals surface area contributed by atoms with Gasteiger partial charge in [-0.3, -0.25) is 9.36 Å². The number of nitrogens with zero attached hydrogens (tertiary/aromatic N) is 2. The number of nitrogens with two attached hydrogens (primary N) is 1. The highest BCUT2D eigenvalue weighted by Gasteiger charge is 2.14. The Hall–Kier alpha value is -1.84. The molecule has 2 aromatic rings. The van der Waals surface area contributed by atoms with Crippen molar-refractivity contribution < 1.29 is 18.3 Å². The number of imidazole rings is 1. The van der Waals surface area contributed by atoms with Crippen molar-refractivity contribution in [1.29, 1.82) is 0 Å². The summed E-state index contributed by atoms with van der Waals surface area (Å²) in [5.74, 6) is -1.09. The molecule has 0 saturated carbocycles. The Balaban J connectivity index is 2.47. The van der Waals surface area contributed by atoms with Gasteiger partial charge in [0.1, 0.15) is 0 Å². The van der Waals surface area contributed by atoms with Gasteiger partial charge in [-0.1, -0.05) is 17.8 Å². The number of carbonyl (C=O) groups is 1. The van der Waals surface area contributed by atoms with Crippen molar-refractivity contribution in [2.75, 3.05) is 5.75 Å². The van der Waals surface area contributed by atoms with E-state index in [0.29, 0.717) is 10.8 Å². The van der Waals surface area contributed by atoms with Crippen molar-refractivity contribution in [2.45, 2.75) is 17.0 Å². The van der Waals surface area contributed by atoms with Crippen LogP contribution in [0.1, 0.15) is 5.69 Å². The van der Waals surface area contributed by atoms with Gasteiger partial charge in [0, 0.05) is 17.6 Å². The Kier molecular flexibility index (Phi) is 4.35. The second kappa shape index (κ2) is 5.88. The standard InChI is InChI=1S/C12H13N3O4S2/c1-8-6-14-12(20-7-11(16)17)15(8)9-3-2-4-10(5-9)21(13,18)19/h2-6H,7H2,1H3,(H,16,17)(H2,13,18,19). The van der Waals surface area contributed by atoms with Crippen molar-refractivity contribution in [3.8, 4) is 5.69 Å². The Morgan fingerprint density at radius 1 is 1.48 bits per heavy atom. The number of carboxylic acid groups (broad SMARTS) is 1. The van der Waals surface area contributed by atoms with E-state index < -0.39 is 16.0 Å². The first kappa shape index (κ1) is 15.5. The number of benzene rings is 1. The SMILES string of the molecule is Cc1cnc(SCC(=O)O)n1-c1cccc(S(N)(=O)=O)c1. The fraction of sp³-hybridized carbons (Fsp3) is 0.167. The monoisotopic (exact) mass is 327 g/mol. The molecule has 0 amide bonds. The largest absolute Gasteiger partial charge is 0.481 e. The molecule has 0 spiro atoms. The van der Waals surface area contributed by atoms with E-state index in [2.05, 4.69) is 4.98 Å². The molecule has 0 saturated heterocycles. The Morgan fingerprint density at radius 2 is 2.19 bits per heavy atom. The van der Waals surface area contributed by atoms with Gasteiger partial charge in [0.15, 0.2) is 5.16 Å². The first-order valence-corrected chi connectivity index (χ1v) is 8.34. The molecule has 2 rings (SSSR count). The van der Waals surface area contributed by atoms with Gasteiger partial charge in [-0.25, -0.2) is 18.5 Å². The van der Waals surface area contributed by atoms with Crippen molar-refractivity contribution >= 4 is 27.8 Å². The molecule has 0 bridgehead atoms. The lowest BCUT2D eigenvalue weighted by atomic mass is 10.3. The lowest BCUT2D eigenvalue weighted by molar-refractivity contribution is -0.133. The van der Waals surface area contributed by atoms with Crippen LogP contribution in [0.15, 0.2) is 40.5 Å². The Bertz CT molecular complexity index is 784. The number of primary sulfonamides is 1. The number of hydrogen-bond donors (Lipinski definition) is 2. The predicted octanol–water partition coefficient (Wildman–Crippen LogP) is 1.00. The maximum Gasteiger partial charge on any atom is 0.313 e. The molecule has 0 unspecified atom stereocenters. The summed E-state index contributed by atoms with van der Waals surface area (Å²) in [6.45, 7) is 1.79. The van der Waals surface area contributed by atoms with Crippen molar-refractivity contribution in [3.05, 3.63) is 36.2 Å². The molecular formula is C12H13N3O4S2. The third kappa shape index (κ3) is 3.63. The van der Waals surface area contributed by atoms with Gasteiger partial charge in [0.05, 0.1) is 10.6 Å². The van der Waals surface area contributed by atoms with Crippen LogP contribution in [0.25, 0.3) is 5.69 Å². The first-order chi connectivity index (χ1) is 9.79. The summed E-state index contributed by atoms with van der Waals surface area (Å²) in [6.07, 6.45) is 1.59. The molecule has 112 valence electrons. The van der Waals surface area contributed by atoms with Gasteiger partial charge in [-0.2, -0.15) is 0 Å². The molecule has 3 N–H and O–H groups in total. The van der Waals surface area contributed by atoms with Gasteiger partial charge in [0.25, 0.3) is 0 Å². The van der Waals surface area contributed by atoms with Gasteiger partial charge in [-0.15, -0.1) is 0 Å². The summed E-state index contributed by atoms with van der Waals surface area (Å²) in [5, 5.41) is 14.3. The number of aliphatic carboxylic acids is 1. The van der Waals surface area contributed by atoms with Gasteiger partial charge >= 0.3 is 5.97 Å².